The van der Waals surface area contributed by atoms with Crippen molar-refractivity contribution in [3.05, 3.63) is 65.8 Å². The molecule has 0 atom stereocenters. The van der Waals surface area contributed by atoms with E-state index in [-0.39, 0.29) is 5.78 Å². The normalized spacial score (nSPS) is 11.4. The van der Waals surface area contributed by atoms with Crippen molar-refractivity contribution in [2.24, 2.45) is 0 Å². The summed E-state index contributed by atoms with van der Waals surface area (Å²) >= 11 is 1.45. The number of hydrogen-bond donors (Lipinski definition) is 2. The Kier molecular flexibility index (Phi) is 4.15. The number of hydrogen-bond acceptors (Lipinski definition) is 7. The third kappa shape index (κ3) is 2.98. The van der Waals surface area contributed by atoms with E-state index in [1.165, 1.54) is 11.3 Å². The third-order valence-electron chi connectivity index (χ3n) is 5.16. The maximum atomic E-state index is 11.7. The molecular formula is C23H15N7OS. The Morgan fingerprint density at radius 3 is 2.66 bits per heavy atom. The van der Waals surface area contributed by atoms with E-state index in [0.717, 1.165) is 32.9 Å². The molecule has 0 bridgehead atoms. The van der Waals surface area contributed by atoms with Crippen molar-refractivity contribution in [2.75, 3.05) is 0 Å². The molecule has 8 nitrogen and oxygen atoms in total. The van der Waals surface area contributed by atoms with E-state index in [2.05, 4.69) is 25.1 Å². The van der Waals surface area contributed by atoms with Gasteiger partial charge >= 0.3 is 0 Å². The van der Waals surface area contributed by atoms with Gasteiger partial charge in [0.2, 0.25) is 0 Å². The fourth-order valence-corrected chi connectivity index (χ4v) is 4.54. The van der Waals surface area contributed by atoms with Crippen molar-refractivity contribution in [1.29, 1.82) is 0 Å². The highest BCUT2D eigenvalue weighted by molar-refractivity contribution is 7.17. The monoisotopic (exact) mass is 437 g/mol. The molecule has 32 heavy (non-hydrogen) atoms. The van der Waals surface area contributed by atoms with E-state index in [1.54, 1.807) is 19.3 Å². The fourth-order valence-electron chi connectivity index (χ4n) is 3.61. The predicted octanol–water partition coefficient (Wildman–Crippen LogP) is 4.89. The van der Waals surface area contributed by atoms with Crippen LogP contribution in [0.5, 0.6) is 0 Å². The number of fused-ring (bicyclic) bond motifs is 2. The van der Waals surface area contributed by atoms with E-state index in [1.807, 2.05) is 48.5 Å². The number of thiophene rings is 1. The van der Waals surface area contributed by atoms with Crippen LogP contribution in [0.2, 0.25) is 0 Å². The Morgan fingerprint density at radius 1 is 0.906 bits per heavy atom. The summed E-state index contributed by atoms with van der Waals surface area (Å²) in [5, 5.41) is 7.48. The number of rotatable bonds is 4. The van der Waals surface area contributed by atoms with Crippen LogP contribution in [0.25, 0.3) is 55.5 Å². The minimum absolute atomic E-state index is 0.0482. The Labute approximate surface area is 185 Å². The average Bonchev–Trinajstić information content (AvgIpc) is 3.56. The van der Waals surface area contributed by atoms with Gasteiger partial charge in [-0.1, -0.05) is 6.07 Å². The largest absolute Gasteiger partial charge is 0.321 e. The first-order valence-electron chi connectivity index (χ1n) is 9.90. The average molecular weight is 437 g/mol. The lowest BCUT2D eigenvalue weighted by Gasteiger charge is -2.00. The topological polar surface area (TPSA) is 113 Å². The highest BCUT2D eigenvalue weighted by Gasteiger charge is 2.18. The predicted molar refractivity (Wildman–Crippen MR) is 123 cm³/mol. The number of nitrogens with zero attached hydrogens (tertiary/aromatic N) is 5. The number of aromatic amines is 2. The SMILES string of the molecule is CC(=O)c1ccc(-c2ccnc3[nH]c(-c4n[nH]c5ccc(-c6ccccn6)nc45)nc23)s1. The smallest absolute Gasteiger partial charge is 0.169 e. The molecule has 154 valence electrons. The third-order valence-corrected chi connectivity index (χ3v) is 6.38. The van der Waals surface area contributed by atoms with Gasteiger partial charge in [0, 0.05) is 22.8 Å². The van der Waals surface area contributed by atoms with Gasteiger partial charge < -0.3 is 4.98 Å². The zero-order chi connectivity index (χ0) is 21.7. The number of Topliss-reactive ketones (excluding diaryl/α,β-unsaturated/α-hetero) is 1. The Morgan fingerprint density at radius 2 is 1.84 bits per heavy atom. The van der Waals surface area contributed by atoms with Crippen molar-refractivity contribution in [3.63, 3.8) is 0 Å². The maximum Gasteiger partial charge on any atom is 0.169 e. The van der Waals surface area contributed by atoms with Gasteiger partial charge in [-0.15, -0.1) is 11.3 Å². The van der Waals surface area contributed by atoms with Crippen LogP contribution in [0.15, 0.2) is 60.9 Å². The van der Waals surface area contributed by atoms with Crippen molar-refractivity contribution in [2.45, 2.75) is 6.92 Å². The zero-order valence-electron chi connectivity index (χ0n) is 16.8. The Bertz CT molecular complexity index is 1610. The van der Waals surface area contributed by atoms with Crippen molar-refractivity contribution in [1.82, 2.24) is 35.1 Å². The van der Waals surface area contributed by atoms with Crippen LogP contribution < -0.4 is 0 Å². The Hall–Kier alpha value is -4.24. The number of imidazole rings is 1. The molecule has 0 amide bonds. The number of nitrogens with one attached hydrogen (secondary N) is 2. The molecule has 0 aliphatic carbocycles. The first kappa shape index (κ1) is 18.5. The van der Waals surface area contributed by atoms with Gasteiger partial charge in [-0.25, -0.2) is 15.0 Å². The second-order valence-electron chi connectivity index (χ2n) is 7.24. The highest BCUT2D eigenvalue weighted by atomic mass is 32.1. The van der Waals surface area contributed by atoms with Crippen molar-refractivity contribution < 1.29 is 4.79 Å². The summed E-state index contributed by atoms with van der Waals surface area (Å²) in [6.07, 6.45) is 3.47. The van der Waals surface area contributed by atoms with Crippen LogP contribution in [-0.2, 0) is 0 Å². The number of aromatic nitrogens is 7. The molecule has 0 fully saturated rings. The van der Waals surface area contributed by atoms with Gasteiger partial charge in [0.05, 0.1) is 21.8 Å². The second-order valence-corrected chi connectivity index (χ2v) is 8.32. The van der Waals surface area contributed by atoms with Gasteiger partial charge in [0.25, 0.3) is 0 Å². The molecule has 6 aromatic heterocycles. The molecule has 0 saturated carbocycles. The molecule has 0 radical (unpaired) electrons. The van der Waals surface area contributed by atoms with Gasteiger partial charge in [-0.05, 0) is 49.4 Å². The van der Waals surface area contributed by atoms with E-state index in [0.29, 0.717) is 27.6 Å². The summed E-state index contributed by atoms with van der Waals surface area (Å²) in [7, 11) is 0. The molecule has 6 aromatic rings. The van der Waals surface area contributed by atoms with Crippen LogP contribution in [0.1, 0.15) is 16.6 Å². The van der Waals surface area contributed by atoms with E-state index >= 15 is 0 Å². The first-order chi connectivity index (χ1) is 15.7. The number of carbonyl (C=O) groups excluding carboxylic acids is 1. The first-order valence-corrected chi connectivity index (χ1v) is 10.7. The molecule has 6 heterocycles. The quantitative estimate of drug-likeness (QED) is 0.380. The molecule has 2 N–H and O–H groups in total. The second kappa shape index (κ2) is 7.17. The van der Waals surface area contributed by atoms with Crippen molar-refractivity contribution in [3.8, 4) is 33.3 Å². The molecule has 6 rings (SSSR count). The van der Waals surface area contributed by atoms with Gasteiger partial charge in [-0.2, -0.15) is 5.10 Å². The molecule has 0 saturated heterocycles. The standard InChI is InChI=1S/C23H15N7OS/c1-12(31)17-7-8-18(32-17)13-9-11-25-22-19(13)27-23(28-22)21-20-16(29-30-21)6-5-15(26-20)14-4-2-3-10-24-14/h2-11H,1H3,(H,29,30)(H,25,27,28). The van der Waals surface area contributed by atoms with Crippen LogP contribution in [0.4, 0.5) is 0 Å². The molecule has 0 spiro atoms. The zero-order valence-corrected chi connectivity index (χ0v) is 17.6. The fraction of sp³-hybridized carbons (Fsp3) is 0.0435. The van der Waals surface area contributed by atoms with Gasteiger partial charge in [0.1, 0.15) is 11.0 Å². The molecule has 9 heteroatoms. The maximum absolute atomic E-state index is 11.7. The summed E-state index contributed by atoms with van der Waals surface area (Å²) in [6.45, 7) is 1.57. The summed E-state index contributed by atoms with van der Waals surface area (Å²) in [5.74, 6) is 0.618. The number of carbonyl (C=O) groups is 1. The summed E-state index contributed by atoms with van der Waals surface area (Å²) in [5.41, 5.74) is 5.93. The van der Waals surface area contributed by atoms with Crippen LogP contribution >= 0.6 is 11.3 Å². The van der Waals surface area contributed by atoms with Gasteiger partial charge in [-0.3, -0.25) is 14.9 Å². The molecule has 0 unspecified atom stereocenters. The number of pyridine rings is 3. The minimum Gasteiger partial charge on any atom is -0.321 e. The summed E-state index contributed by atoms with van der Waals surface area (Å²) in [4.78, 5) is 35.1. The van der Waals surface area contributed by atoms with E-state index < -0.39 is 0 Å². The van der Waals surface area contributed by atoms with E-state index in [4.69, 9.17) is 9.97 Å². The molecule has 0 aliphatic rings. The van der Waals surface area contributed by atoms with Crippen molar-refractivity contribution >= 4 is 39.3 Å². The number of H-pyrrole nitrogens is 2. The molecule has 0 aliphatic heterocycles. The summed E-state index contributed by atoms with van der Waals surface area (Å²) < 4.78 is 0. The lowest BCUT2D eigenvalue weighted by Crippen LogP contribution is -1.88. The van der Waals surface area contributed by atoms with Crippen LogP contribution in [-0.4, -0.2) is 40.9 Å². The summed E-state index contributed by atoms with van der Waals surface area (Å²) in [6, 6.07) is 15.3. The molecule has 0 aromatic carbocycles. The van der Waals surface area contributed by atoms with Gasteiger partial charge in [0.15, 0.2) is 22.9 Å². The lowest BCUT2D eigenvalue weighted by atomic mass is 10.2. The lowest BCUT2D eigenvalue weighted by molar-refractivity contribution is 0.102. The number of ketones is 1. The molecular weight excluding hydrogens is 422 g/mol. The highest BCUT2D eigenvalue weighted by Crippen LogP contribution is 2.34. The minimum atomic E-state index is 0.0482. The Balaban J connectivity index is 1.49. The van der Waals surface area contributed by atoms with Crippen LogP contribution in [0, 0.1) is 0 Å². The van der Waals surface area contributed by atoms with Crippen LogP contribution in [0.3, 0.4) is 0 Å². The van der Waals surface area contributed by atoms with E-state index in [9.17, 15) is 4.79 Å².